The van der Waals surface area contributed by atoms with Crippen molar-refractivity contribution in [3.8, 4) is 0 Å². The van der Waals surface area contributed by atoms with Gasteiger partial charge in [-0.15, -0.1) is 0 Å². The Bertz CT molecular complexity index is 1480. The van der Waals surface area contributed by atoms with Crippen molar-refractivity contribution in [2.24, 2.45) is 22.7 Å². The summed E-state index contributed by atoms with van der Waals surface area (Å²) in [7, 11) is 0. The first-order valence-electron chi connectivity index (χ1n) is 14.8. The lowest BCUT2D eigenvalue weighted by atomic mass is 9.83. The van der Waals surface area contributed by atoms with E-state index in [-0.39, 0.29) is 22.5 Å². The molecule has 0 aromatic heterocycles. The van der Waals surface area contributed by atoms with Gasteiger partial charge in [0.1, 0.15) is 6.10 Å². The highest BCUT2D eigenvalue weighted by atomic mass is 32.2. The second kappa shape index (κ2) is 12.2. The number of carbonyl (C=O) groups is 1. The minimum atomic E-state index is -0.961. The molecular formula is C37H42O3S2. The zero-order chi connectivity index (χ0) is 30.2. The number of rotatable bonds is 5. The topological polar surface area (TPSA) is 46.5 Å². The maximum Gasteiger partial charge on any atom is 0.172 e. The Balaban J connectivity index is 1.66. The second-order valence-electron chi connectivity index (χ2n) is 13.2. The number of aliphatic hydroxyl groups excluding tert-OH is 1. The molecule has 3 nitrogen and oxygen atoms in total. The van der Waals surface area contributed by atoms with Crippen molar-refractivity contribution in [1.82, 2.24) is 0 Å². The van der Waals surface area contributed by atoms with Crippen LogP contribution in [0.2, 0.25) is 0 Å². The summed E-state index contributed by atoms with van der Waals surface area (Å²) in [4.78, 5) is 18.9. The second-order valence-corrected chi connectivity index (χ2v) is 15.4. The van der Waals surface area contributed by atoms with Crippen molar-refractivity contribution < 1.29 is 14.6 Å². The SMILES string of the molecule is CCOC1C(=O)C(C2C=C(c3ccccc3)SC(C(C)(C)C)=C2)C(O)/C1=C1/C=C(c2ccccc2)SC(C(C)(C)C)=C1. The van der Waals surface area contributed by atoms with Gasteiger partial charge in [0, 0.05) is 27.9 Å². The Kier molecular flexibility index (Phi) is 8.97. The molecule has 0 radical (unpaired) electrons. The highest BCUT2D eigenvalue weighted by Gasteiger charge is 2.50. The first-order valence-corrected chi connectivity index (χ1v) is 16.4. The highest BCUT2D eigenvalue weighted by Crippen LogP contribution is 2.52. The van der Waals surface area contributed by atoms with E-state index in [1.165, 1.54) is 9.81 Å². The van der Waals surface area contributed by atoms with Gasteiger partial charge in [-0.3, -0.25) is 4.79 Å². The number of allylic oxidation sites excluding steroid dienone is 7. The van der Waals surface area contributed by atoms with Gasteiger partial charge in [0.25, 0.3) is 0 Å². The molecule has 2 aromatic rings. The quantitative estimate of drug-likeness (QED) is 0.372. The summed E-state index contributed by atoms with van der Waals surface area (Å²) in [5.74, 6) is -0.924. The number of hydrogen-bond acceptors (Lipinski definition) is 5. The standard InChI is InChI=1S/C37H42O3S2/c1-8-40-35-32(26-20-28(24-17-13-10-14-18-24)42-30(22-26)37(5,6)7)33(38)31(34(35)39)25-19-27(23-15-11-9-12-16-23)41-29(21-25)36(2,3)4/h9-22,25,31,33,35,38H,8H2,1-7H3/b32-26+. The number of carbonyl (C=O) groups excluding carboxylic acids is 1. The van der Waals surface area contributed by atoms with Crippen LogP contribution in [0.1, 0.15) is 59.6 Å². The highest BCUT2D eigenvalue weighted by molar-refractivity contribution is 8.12. The smallest absolute Gasteiger partial charge is 0.172 e. The van der Waals surface area contributed by atoms with E-state index in [1.54, 1.807) is 23.5 Å². The summed E-state index contributed by atoms with van der Waals surface area (Å²) in [5, 5.41) is 12.1. The van der Waals surface area contributed by atoms with Crippen LogP contribution in [0.5, 0.6) is 0 Å². The van der Waals surface area contributed by atoms with Crippen molar-refractivity contribution >= 4 is 39.1 Å². The summed E-state index contributed by atoms with van der Waals surface area (Å²) in [6.45, 7) is 15.5. The molecule has 42 heavy (non-hydrogen) atoms. The van der Waals surface area contributed by atoms with Gasteiger partial charge >= 0.3 is 0 Å². The molecule has 2 aliphatic heterocycles. The van der Waals surface area contributed by atoms with E-state index in [1.807, 2.05) is 43.3 Å². The Morgan fingerprint density at radius 1 is 0.762 bits per heavy atom. The van der Waals surface area contributed by atoms with Crippen molar-refractivity contribution in [2.45, 2.75) is 60.7 Å². The molecule has 1 N–H and O–H groups in total. The Hall–Kier alpha value is -2.57. The number of ether oxygens (including phenoxy) is 1. The number of hydrogen-bond donors (Lipinski definition) is 1. The van der Waals surface area contributed by atoms with Crippen LogP contribution in [0.25, 0.3) is 9.81 Å². The van der Waals surface area contributed by atoms with Crippen LogP contribution in [0.15, 0.2) is 106 Å². The minimum absolute atomic E-state index is 0.0458. The molecule has 5 rings (SSSR count). The van der Waals surface area contributed by atoms with Crippen LogP contribution in [0.4, 0.5) is 0 Å². The fraction of sp³-hybridized carbons (Fsp3) is 0.378. The van der Waals surface area contributed by atoms with Crippen LogP contribution >= 0.6 is 23.5 Å². The van der Waals surface area contributed by atoms with Gasteiger partial charge in [0.15, 0.2) is 5.78 Å². The molecule has 220 valence electrons. The van der Waals surface area contributed by atoms with Crippen LogP contribution in [-0.2, 0) is 9.53 Å². The van der Waals surface area contributed by atoms with Gasteiger partial charge in [0.05, 0.1) is 12.0 Å². The van der Waals surface area contributed by atoms with Crippen molar-refractivity contribution in [1.29, 1.82) is 0 Å². The maximum atomic E-state index is 14.3. The molecule has 4 unspecified atom stereocenters. The fourth-order valence-corrected chi connectivity index (χ4v) is 8.04. The third-order valence-corrected chi connectivity index (χ3v) is 11.0. The van der Waals surface area contributed by atoms with Crippen LogP contribution in [-0.4, -0.2) is 29.7 Å². The summed E-state index contributed by atoms with van der Waals surface area (Å²) >= 11 is 3.52. The monoisotopic (exact) mass is 598 g/mol. The third kappa shape index (κ3) is 6.35. The minimum Gasteiger partial charge on any atom is -0.388 e. The number of benzene rings is 2. The van der Waals surface area contributed by atoms with Crippen molar-refractivity contribution in [2.75, 3.05) is 6.61 Å². The molecule has 5 heteroatoms. The van der Waals surface area contributed by atoms with Gasteiger partial charge in [0.2, 0.25) is 0 Å². The molecule has 3 aliphatic rings. The van der Waals surface area contributed by atoms with Gasteiger partial charge in [-0.1, -0.05) is 138 Å². The average Bonchev–Trinajstić information content (AvgIpc) is 3.21. The fourth-order valence-electron chi connectivity index (χ4n) is 5.63. The van der Waals surface area contributed by atoms with Gasteiger partial charge < -0.3 is 9.84 Å². The first kappa shape index (κ1) is 30.9. The zero-order valence-electron chi connectivity index (χ0n) is 25.7. The molecule has 2 aromatic carbocycles. The van der Waals surface area contributed by atoms with E-state index in [2.05, 4.69) is 90.1 Å². The van der Waals surface area contributed by atoms with Crippen LogP contribution in [0, 0.1) is 22.7 Å². The molecule has 0 saturated heterocycles. The van der Waals surface area contributed by atoms with E-state index in [4.69, 9.17) is 4.74 Å². The van der Waals surface area contributed by atoms with Gasteiger partial charge in [-0.2, -0.15) is 0 Å². The molecule has 1 aliphatic carbocycles. The molecule has 2 heterocycles. The van der Waals surface area contributed by atoms with Crippen LogP contribution in [0.3, 0.4) is 0 Å². The lowest BCUT2D eigenvalue weighted by Crippen LogP contribution is -2.30. The van der Waals surface area contributed by atoms with E-state index in [9.17, 15) is 9.90 Å². The first-order chi connectivity index (χ1) is 19.9. The molecule has 1 fully saturated rings. The zero-order valence-corrected chi connectivity index (χ0v) is 27.3. The van der Waals surface area contributed by atoms with Gasteiger partial charge in [-0.25, -0.2) is 0 Å². The number of Topliss-reactive ketones (excluding diaryl/α,β-unsaturated/α-hetero) is 1. The van der Waals surface area contributed by atoms with E-state index < -0.39 is 18.1 Å². The number of thioether (sulfide) groups is 2. The lowest BCUT2D eigenvalue weighted by Gasteiger charge is -2.31. The van der Waals surface area contributed by atoms with Crippen LogP contribution < -0.4 is 0 Å². The summed E-state index contributed by atoms with van der Waals surface area (Å²) in [6, 6.07) is 20.7. The summed E-state index contributed by atoms with van der Waals surface area (Å²) < 4.78 is 6.16. The lowest BCUT2D eigenvalue weighted by molar-refractivity contribution is -0.130. The predicted octanol–water partition coefficient (Wildman–Crippen LogP) is 9.30. The Morgan fingerprint density at radius 2 is 1.31 bits per heavy atom. The molecule has 0 spiro atoms. The van der Waals surface area contributed by atoms with Crippen molar-refractivity contribution in [3.05, 3.63) is 117 Å². The molecule has 0 bridgehead atoms. The summed E-state index contributed by atoms with van der Waals surface area (Å²) in [5.41, 5.74) is 3.62. The molecule has 4 atom stereocenters. The number of aliphatic hydroxyl groups is 1. The molecule has 1 saturated carbocycles. The maximum absolute atomic E-state index is 14.3. The molecular weight excluding hydrogens is 557 g/mol. The normalized spacial score (nSPS) is 26.9. The molecule has 0 amide bonds. The van der Waals surface area contributed by atoms with E-state index >= 15 is 0 Å². The predicted molar refractivity (Wildman–Crippen MR) is 180 cm³/mol. The largest absolute Gasteiger partial charge is 0.388 e. The Labute approximate surface area is 259 Å². The van der Waals surface area contributed by atoms with Crippen molar-refractivity contribution in [3.63, 3.8) is 0 Å². The Morgan fingerprint density at radius 3 is 1.86 bits per heavy atom. The van der Waals surface area contributed by atoms with Gasteiger partial charge in [-0.05, 0) is 56.4 Å². The summed E-state index contributed by atoms with van der Waals surface area (Å²) in [6.07, 6.45) is 6.93. The number of ketones is 1. The average molecular weight is 599 g/mol. The van der Waals surface area contributed by atoms with E-state index in [0.717, 1.165) is 26.5 Å². The van der Waals surface area contributed by atoms with E-state index in [0.29, 0.717) is 12.2 Å². The third-order valence-electron chi connectivity index (χ3n) is 7.91.